The Morgan fingerprint density at radius 3 is 1.50 bits per heavy atom. The molecule has 0 aliphatic rings. The van der Waals surface area contributed by atoms with Gasteiger partial charge < -0.3 is 14.7 Å². The van der Waals surface area contributed by atoms with E-state index < -0.39 is 0 Å². The van der Waals surface area contributed by atoms with Crippen molar-refractivity contribution in [3.63, 3.8) is 0 Å². The van der Waals surface area contributed by atoms with E-state index in [-0.39, 0.29) is 63.0 Å². The second-order valence-electron chi connectivity index (χ2n) is 0. The summed E-state index contributed by atoms with van der Waals surface area (Å²) in [6.07, 6.45) is 0. The molecule has 0 rings (SSSR count). The minimum absolute atomic E-state index is 0. The van der Waals surface area contributed by atoms with Crippen LogP contribution in [0.5, 0.6) is 0 Å². The fourth-order valence-electron chi connectivity index (χ4n) is 0. The molecule has 0 fully saturated rings. The summed E-state index contributed by atoms with van der Waals surface area (Å²) >= 11 is 0. The van der Waals surface area contributed by atoms with Crippen molar-refractivity contribution >= 4 is 37.7 Å². The van der Waals surface area contributed by atoms with Gasteiger partial charge in [-0.15, -0.1) is 0 Å². The van der Waals surface area contributed by atoms with Crippen molar-refractivity contribution in [1.82, 2.24) is 0 Å². The summed E-state index contributed by atoms with van der Waals surface area (Å²) in [6.45, 7) is 4.75. The van der Waals surface area contributed by atoms with Gasteiger partial charge in [0.25, 0.3) is 0 Å². The molecule has 24 valence electrons. The Morgan fingerprint density at radius 1 is 1.50 bits per heavy atom. The van der Waals surface area contributed by atoms with Crippen LogP contribution in [0.25, 0.3) is 0 Å². The molecule has 0 saturated carbocycles. The number of hydrogen-bond donors (Lipinski definition) is 0. The van der Waals surface area contributed by atoms with Crippen molar-refractivity contribution in [3.05, 3.63) is 6.57 Å². The van der Waals surface area contributed by atoms with Gasteiger partial charge in [-0.2, -0.15) is 0 Å². The quantitative estimate of drug-likeness (QED) is 0.444. The summed E-state index contributed by atoms with van der Waals surface area (Å²) in [7, 11) is 0. The smallest absolute Gasteiger partial charge is 1.00 e. The summed E-state index contributed by atoms with van der Waals surface area (Å²) < 4.78 is 0. The molecule has 3 heteroatoms. The average molecular weight is 265 g/mol. The first-order valence-corrected chi connectivity index (χ1v) is 0.224. The van der Waals surface area contributed by atoms with Crippen molar-refractivity contribution in [2.75, 3.05) is 0 Å². The minimum Gasteiger partial charge on any atom is -1.00 e. The van der Waals surface area contributed by atoms with Crippen molar-refractivity contribution in [3.8, 4) is 0 Å². The second kappa shape index (κ2) is 24.6. The zero-order valence-electron chi connectivity index (χ0n) is 3.96. The Morgan fingerprint density at radius 2 is 1.50 bits per heavy atom. The predicted molar refractivity (Wildman–Crippen MR) is 12.9 cm³/mol. The third-order valence-corrected chi connectivity index (χ3v) is 0. The number of nitrogens with zero attached hydrogens (tertiary/aromatic N) is 1. The molecule has 0 N–H and O–H groups in total. The molecule has 1 nitrogen and oxygen atoms in total. The first kappa shape index (κ1) is 17.9. The number of rotatable bonds is 0. The van der Waals surface area contributed by atoms with Gasteiger partial charge in [0.05, 0.1) is 0 Å². The fraction of sp³-hybridized carbons (Fsp3) is 0. The molecule has 0 spiro atoms. The second-order valence-corrected chi connectivity index (χ2v) is 0. The van der Waals surface area contributed by atoms with Crippen LogP contribution in [0, 0.1) is 11.8 Å². The maximum absolute atomic E-state index is 6.25. The molecule has 0 unspecified atom stereocenters. The molecule has 0 amide bonds. The van der Waals surface area contributed by atoms with Gasteiger partial charge in [-0.3, -0.25) is 0 Å². The fourth-order valence-corrected chi connectivity index (χ4v) is 0. The average Bonchev–Trinajstić information content (AvgIpc) is 1.00. The van der Waals surface area contributed by atoms with E-state index in [0.29, 0.717) is 0 Å². The summed E-state index contributed by atoms with van der Waals surface area (Å²) in [5.74, 6) is 0. The Kier molecular flexibility index (Phi) is 110. The van der Waals surface area contributed by atoms with Crippen molar-refractivity contribution < 1.29 is 25.2 Å². The van der Waals surface area contributed by atoms with Gasteiger partial charge in [-0.25, -0.2) is 0 Å². The van der Waals surface area contributed by atoms with Crippen LogP contribution >= 0.6 is 0 Å². The van der Waals surface area contributed by atoms with Crippen molar-refractivity contribution in [1.29, 1.82) is 5.26 Å². The van der Waals surface area contributed by atoms with Gasteiger partial charge >= 0.3 is 60.1 Å². The SMILES string of the molecule is [Au+].[C-]#N.[Ca+2].[H-].[H-]. The van der Waals surface area contributed by atoms with Crippen LogP contribution in [0.3, 0.4) is 0 Å². The maximum atomic E-state index is 6.25. The van der Waals surface area contributed by atoms with Crippen LogP contribution in [0.1, 0.15) is 2.85 Å². The zero-order valence-corrected chi connectivity index (χ0v) is 6.33. The van der Waals surface area contributed by atoms with Gasteiger partial charge in [0.15, 0.2) is 0 Å². The minimum atomic E-state index is 0. The molecule has 0 bridgehead atoms. The molecule has 0 aliphatic heterocycles. The van der Waals surface area contributed by atoms with E-state index in [1.807, 2.05) is 0 Å². The van der Waals surface area contributed by atoms with Crippen molar-refractivity contribution in [2.45, 2.75) is 0 Å². The van der Waals surface area contributed by atoms with Gasteiger partial charge in [0.1, 0.15) is 0 Å². The van der Waals surface area contributed by atoms with Gasteiger partial charge in [-0.05, 0) is 0 Å². The molecule has 0 aliphatic carbocycles. The standard InChI is InChI=1S/CN.Au.Ca.2H/c1-2;;;;/q-1;+1;+2;2*-1. The Balaban J connectivity index is -0.000000000833. The van der Waals surface area contributed by atoms with E-state index in [0.717, 1.165) is 0 Å². The van der Waals surface area contributed by atoms with Crippen LogP contribution in [0.2, 0.25) is 0 Å². The summed E-state index contributed by atoms with van der Waals surface area (Å²) in [4.78, 5) is 0. The topological polar surface area (TPSA) is 23.8 Å². The van der Waals surface area contributed by atoms with E-state index in [4.69, 9.17) is 11.8 Å². The maximum Gasteiger partial charge on any atom is 2.00 e. The Hall–Kier alpha value is 1.49. The largest absolute Gasteiger partial charge is 2.00 e. The first-order valence-electron chi connectivity index (χ1n) is 0.224. The Labute approximate surface area is 73.9 Å². The molecule has 0 radical (unpaired) electrons. The normalized spacial score (nSPS) is 0.500. The van der Waals surface area contributed by atoms with Gasteiger partial charge in [0, 0.05) is 0 Å². The van der Waals surface area contributed by atoms with E-state index in [2.05, 4.69) is 0 Å². The van der Waals surface area contributed by atoms with E-state index >= 15 is 0 Å². The first-order chi connectivity index (χ1) is 1.00. The molecule has 4 heavy (non-hydrogen) atoms. The van der Waals surface area contributed by atoms with E-state index in [1.54, 1.807) is 0 Å². The third kappa shape index (κ3) is 9.75. The molecular weight excluding hydrogens is 263 g/mol. The molecule has 0 aromatic carbocycles. The molecule has 0 aromatic rings. The summed E-state index contributed by atoms with van der Waals surface area (Å²) in [5, 5.41) is 6.25. The molecule has 0 aromatic heterocycles. The van der Waals surface area contributed by atoms with Gasteiger partial charge in [-0.1, -0.05) is 0 Å². The molecule has 0 heterocycles. The van der Waals surface area contributed by atoms with E-state index in [9.17, 15) is 0 Å². The molecule has 0 atom stereocenters. The summed E-state index contributed by atoms with van der Waals surface area (Å²) in [6, 6.07) is 0. The monoisotopic (exact) mass is 265 g/mol. The van der Waals surface area contributed by atoms with Crippen LogP contribution in [0.15, 0.2) is 0 Å². The predicted octanol–water partition coefficient (Wildman–Crippen LogP) is -0.0619. The number of hydrogen-bond acceptors (Lipinski definition) is 1. The summed E-state index contributed by atoms with van der Waals surface area (Å²) in [5.41, 5.74) is 0. The molecular formula is CH2AuCaN. The molecule has 0 saturated heterocycles. The van der Waals surface area contributed by atoms with Crippen LogP contribution in [-0.4, -0.2) is 37.7 Å². The Bertz CT molecular complexity index is 18.3. The van der Waals surface area contributed by atoms with Crippen molar-refractivity contribution in [2.24, 2.45) is 0 Å². The van der Waals surface area contributed by atoms with Crippen LogP contribution in [0.4, 0.5) is 0 Å². The third-order valence-electron chi connectivity index (χ3n) is 0. The van der Waals surface area contributed by atoms with E-state index in [1.165, 1.54) is 0 Å². The van der Waals surface area contributed by atoms with Crippen LogP contribution < -0.4 is 0 Å². The van der Waals surface area contributed by atoms with Gasteiger partial charge in [0.2, 0.25) is 0 Å². The zero-order chi connectivity index (χ0) is 2.00. The van der Waals surface area contributed by atoms with Crippen LogP contribution in [-0.2, 0) is 22.4 Å².